The van der Waals surface area contributed by atoms with Crippen LogP contribution in [-0.4, -0.2) is 31.7 Å². The van der Waals surface area contributed by atoms with Crippen molar-refractivity contribution < 1.29 is 9.53 Å². The van der Waals surface area contributed by atoms with Gasteiger partial charge in [0.1, 0.15) is 6.10 Å². The predicted octanol–water partition coefficient (Wildman–Crippen LogP) is 0.433. The fourth-order valence-corrected chi connectivity index (χ4v) is 0.861. The number of ether oxygens (including phenoxy) is 1. The molecule has 3 N–H and O–H groups in total. The van der Waals surface area contributed by atoms with Crippen LogP contribution in [-0.2, 0) is 9.53 Å². The zero-order valence-electron chi connectivity index (χ0n) is 8.79. The Hall–Kier alpha value is -0.870. The third-order valence-electron chi connectivity index (χ3n) is 1.74. The van der Waals surface area contributed by atoms with Crippen LogP contribution in [0.4, 0.5) is 0 Å². The maximum atomic E-state index is 11.3. The Morgan fingerprint density at radius 2 is 2.43 bits per heavy atom. The topological polar surface area (TPSA) is 64.3 Å². The Bertz CT molecular complexity index is 172. The van der Waals surface area contributed by atoms with Gasteiger partial charge in [0.15, 0.2) is 0 Å². The summed E-state index contributed by atoms with van der Waals surface area (Å²) in [6, 6.07) is 0. The van der Waals surface area contributed by atoms with Crippen LogP contribution in [0.1, 0.15) is 19.8 Å². The van der Waals surface area contributed by atoms with Gasteiger partial charge >= 0.3 is 0 Å². The summed E-state index contributed by atoms with van der Waals surface area (Å²) in [4.78, 5) is 11.3. The minimum Gasteiger partial charge on any atom is -0.368 e. The number of nitrogens with two attached hydrogens (primary N) is 1. The molecule has 82 valence electrons. The smallest absolute Gasteiger partial charge is 0.248 e. The van der Waals surface area contributed by atoms with Crippen molar-refractivity contribution in [3.8, 4) is 0 Å². The van der Waals surface area contributed by atoms with E-state index in [1.165, 1.54) is 0 Å². The van der Waals surface area contributed by atoms with Crippen molar-refractivity contribution >= 4 is 5.91 Å². The lowest BCUT2D eigenvalue weighted by Crippen LogP contribution is -2.35. The first kappa shape index (κ1) is 13.1. The van der Waals surface area contributed by atoms with Gasteiger partial charge in [0.25, 0.3) is 0 Å². The van der Waals surface area contributed by atoms with E-state index in [9.17, 15) is 4.79 Å². The molecule has 0 saturated carbocycles. The molecule has 0 fully saturated rings. The third kappa shape index (κ3) is 6.62. The molecule has 0 spiro atoms. The maximum absolute atomic E-state index is 11.3. The first-order valence-electron chi connectivity index (χ1n) is 4.92. The maximum Gasteiger partial charge on any atom is 0.248 e. The minimum atomic E-state index is -0.396. The van der Waals surface area contributed by atoms with Crippen molar-refractivity contribution in [3.05, 3.63) is 12.7 Å². The van der Waals surface area contributed by atoms with Crippen molar-refractivity contribution in [3.63, 3.8) is 0 Å². The molecular weight excluding hydrogens is 180 g/mol. The van der Waals surface area contributed by atoms with Gasteiger partial charge < -0.3 is 15.8 Å². The number of rotatable bonds is 8. The van der Waals surface area contributed by atoms with Crippen LogP contribution >= 0.6 is 0 Å². The van der Waals surface area contributed by atoms with Gasteiger partial charge in [0.2, 0.25) is 5.91 Å². The van der Waals surface area contributed by atoms with Gasteiger partial charge in [-0.3, -0.25) is 4.79 Å². The summed E-state index contributed by atoms with van der Waals surface area (Å²) in [5.74, 6) is -0.0810. The van der Waals surface area contributed by atoms with Gasteiger partial charge in [-0.05, 0) is 26.3 Å². The van der Waals surface area contributed by atoms with E-state index in [1.54, 1.807) is 13.0 Å². The molecule has 1 atom stereocenters. The fourth-order valence-electron chi connectivity index (χ4n) is 0.861. The van der Waals surface area contributed by atoms with E-state index in [4.69, 9.17) is 10.5 Å². The summed E-state index contributed by atoms with van der Waals surface area (Å²) in [6.07, 6.45) is 2.93. The zero-order valence-corrected chi connectivity index (χ0v) is 8.79. The van der Waals surface area contributed by atoms with E-state index in [-0.39, 0.29) is 5.91 Å². The molecule has 0 aromatic carbocycles. The predicted molar refractivity (Wildman–Crippen MR) is 56.9 cm³/mol. The van der Waals surface area contributed by atoms with Crippen molar-refractivity contribution in [2.75, 3.05) is 19.7 Å². The van der Waals surface area contributed by atoms with Gasteiger partial charge in [-0.25, -0.2) is 0 Å². The molecule has 0 aromatic heterocycles. The van der Waals surface area contributed by atoms with Gasteiger partial charge in [-0.2, -0.15) is 0 Å². The van der Waals surface area contributed by atoms with Crippen LogP contribution in [0, 0.1) is 0 Å². The fraction of sp³-hybridized carbons (Fsp3) is 0.700. The van der Waals surface area contributed by atoms with Crippen molar-refractivity contribution in [1.29, 1.82) is 0 Å². The molecule has 0 heterocycles. The van der Waals surface area contributed by atoms with E-state index >= 15 is 0 Å². The molecule has 4 nitrogen and oxygen atoms in total. The van der Waals surface area contributed by atoms with Crippen LogP contribution in [0.2, 0.25) is 0 Å². The molecule has 14 heavy (non-hydrogen) atoms. The zero-order chi connectivity index (χ0) is 10.8. The highest BCUT2D eigenvalue weighted by atomic mass is 16.5. The average Bonchev–Trinajstić information content (AvgIpc) is 2.18. The van der Waals surface area contributed by atoms with E-state index in [0.717, 1.165) is 12.8 Å². The van der Waals surface area contributed by atoms with E-state index in [0.29, 0.717) is 19.7 Å². The molecule has 0 bridgehead atoms. The highest BCUT2D eigenvalue weighted by Crippen LogP contribution is 1.93. The van der Waals surface area contributed by atoms with Crippen LogP contribution in [0.5, 0.6) is 0 Å². The summed E-state index contributed by atoms with van der Waals surface area (Å²) in [5.41, 5.74) is 5.30. The minimum absolute atomic E-state index is 0.0810. The first-order chi connectivity index (χ1) is 6.72. The Kier molecular flexibility index (Phi) is 8.17. The molecule has 0 radical (unpaired) electrons. The molecule has 4 heteroatoms. The number of carbonyl (C=O) groups is 1. The normalized spacial score (nSPS) is 12.1. The lowest BCUT2D eigenvalue weighted by molar-refractivity contribution is -0.131. The second-order valence-corrected chi connectivity index (χ2v) is 3.02. The highest BCUT2D eigenvalue weighted by Gasteiger charge is 2.11. The highest BCUT2D eigenvalue weighted by molar-refractivity contribution is 5.80. The lowest BCUT2D eigenvalue weighted by Gasteiger charge is -2.12. The third-order valence-corrected chi connectivity index (χ3v) is 1.74. The number of amides is 1. The van der Waals surface area contributed by atoms with Gasteiger partial charge in [0, 0.05) is 6.54 Å². The summed E-state index contributed by atoms with van der Waals surface area (Å²) >= 11 is 0. The molecule has 0 aliphatic carbocycles. The lowest BCUT2D eigenvalue weighted by atomic mass is 10.3. The standard InChI is InChI=1S/C10H20N2O2/c1-3-4-8-14-9(2)10(13)12-7-5-6-11/h3,9H,1,4-8,11H2,2H3,(H,12,13). The van der Waals surface area contributed by atoms with Gasteiger partial charge in [-0.1, -0.05) is 6.08 Å². The Morgan fingerprint density at radius 1 is 1.71 bits per heavy atom. The summed E-state index contributed by atoms with van der Waals surface area (Å²) in [7, 11) is 0. The van der Waals surface area contributed by atoms with Crippen LogP contribution < -0.4 is 11.1 Å². The van der Waals surface area contributed by atoms with Crippen molar-refractivity contribution in [2.24, 2.45) is 5.73 Å². The van der Waals surface area contributed by atoms with E-state index in [2.05, 4.69) is 11.9 Å². The summed E-state index contributed by atoms with van der Waals surface area (Å²) in [6.45, 7) is 7.05. The Balaban J connectivity index is 3.49. The molecule has 0 aliphatic rings. The second-order valence-electron chi connectivity index (χ2n) is 3.02. The van der Waals surface area contributed by atoms with Crippen LogP contribution in [0.15, 0.2) is 12.7 Å². The Labute approximate surface area is 85.5 Å². The number of nitrogens with one attached hydrogen (secondary N) is 1. The molecule has 1 amide bonds. The quantitative estimate of drug-likeness (QED) is 0.441. The molecule has 0 aromatic rings. The monoisotopic (exact) mass is 200 g/mol. The summed E-state index contributed by atoms with van der Waals surface area (Å²) in [5, 5.41) is 2.74. The largest absolute Gasteiger partial charge is 0.368 e. The second kappa shape index (κ2) is 8.72. The molecule has 0 aliphatic heterocycles. The average molecular weight is 200 g/mol. The SMILES string of the molecule is C=CCCOC(C)C(=O)NCCCN. The first-order valence-corrected chi connectivity index (χ1v) is 4.92. The van der Waals surface area contributed by atoms with Crippen molar-refractivity contribution in [2.45, 2.75) is 25.9 Å². The van der Waals surface area contributed by atoms with E-state index < -0.39 is 6.10 Å². The van der Waals surface area contributed by atoms with E-state index in [1.807, 2.05) is 0 Å². The molecule has 0 saturated heterocycles. The number of hydrogen-bond acceptors (Lipinski definition) is 3. The van der Waals surface area contributed by atoms with Gasteiger partial charge in [0.05, 0.1) is 6.61 Å². The number of hydrogen-bond donors (Lipinski definition) is 2. The molecule has 0 rings (SSSR count). The van der Waals surface area contributed by atoms with Crippen LogP contribution in [0.25, 0.3) is 0 Å². The van der Waals surface area contributed by atoms with Crippen molar-refractivity contribution in [1.82, 2.24) is 5.32 Å². The van der Waals surface area contributed by atoms with Gasteiger partial charge in [-0.15, -0.1) is 6.58 Å². The molecular formula is C10H20N2O2. The summed E-state index contributed by atoms with van der Waals surface area (Å²) < 4.78 is 5.26. The Morgan fingerprint density at radius 3 is 3.00 bits per heavy atom. The molecule has 1 unspecified atom stereocenters. The number of carbonyl (C=O) groups excluding carboxylic acids is 1. The van der Waals surface area contributed by atoms with Crippen LogP contribution in [0.3, 0.4) is 0 Å².